The highest BCUT2D eigenvalue weighted by Crippen LogP contribution is 2.35. The Morgan fingerprint density at radius 1 is 1.32 bits per heavy atom. The van der Waals surface area contributed by atoms with E-state index in [-0.39, 0.29) is 11.7 Å². The molecular weight excluding hydrogens is 404 g/mol. The Hall–Kier alpha value is -2.97. The monoisotopic (exact) mass is 418 g/mol. The molecule has 3 rings (SSSR count). The van der Waals surface area contributed by atoms with Gasteiger partial charge in [-0.3, -0.25) is 4.79 Å². The highest BCUT2D eigenvalue weighted by molar-refractivity contribution is 8.18. The summed E-state index contributed by atoms with van der Waals surface area (Å²) in [6.45, 7) is -0.530. The lowest BCUT2D eigenvalue weighted by atomic mass is 10.1. The van der Waals surface area contributed by atoms with Crippen molar-refractivity contribution in [1.82, 2.24) is 5.32 Å². The molecule has 1 fully saturated rings. The van der Waals surface area contributed by atoms with E-state index in [1.165, 1.54) is 7.11 Å². The van der Waals surface area contributed by atoms with Gasteiger partial charge in [-0.25, -0.2) is 9.79 Å². The topological polar surface area (TPSA) is 97.2 Å². The Morgan fingerprint density at radius 2 is 2.11 bits per heavy atom. The van der Waals surface area contributed by atoms with E-state index in [0.717, 1.165) is 11.8 Å². The minimum Gasteiger partial charge on any atom is -0.493 e. The van der Waals surface area contributed by atoms with Crippen molar-refractivity contribution in [2.75, 3.05) is 13.7 Å². The number of carbonyl (C=O) groups is 2. The smallest absolute Gasteiger partial charge is 0.341 e. The van der Waals surface area contributed by atoms with Gasteiger partial charge in [0.25, 0.3) is 5.91 Å². The molecule has 1 aliphatic heterocycles. The zero-order valence-corrected chi connectivity index (χ0v) is 16.2. The molecule has 0 saturated carbocycles. The number of nitrogens with one attached hydrogen (secondary N) is 1. The second-order valence-electron chi connectivity index (χ2n) is 5.52. The van der Waals surface area contributed by atoms with Crippen LogP contribution in [-0.4, -0.2) is 35.9 Å². The predicted molar refractivity (Wildman–Crippen MR) is 108 cm³/mol. The molecule has 0 spiro atoms. The lowest BCUT2D eigenvalue weighted by Gasteiger charge is -2.12. The van der Waals surface area contributed by atoms with Crippen LogP contribution in [0.2, 0.25) is 5.02 Å². The van der Waals surface area contributed by atoms with Crippen LogP contribution in [0, 0.1) is 0 Å². The molecule has 1 aliphatic rings. The van der Waals surface area contributed by atoms with Crippen LogP contribution in [0.25, 0.3) is 6.08 Å². The first-order chi connectivity index (χ1) is 13.5. The number of carbonyl (C=O) groups excluding carboxylic acids is 1. The number of amidine groups is 1. The number of hydrogen-bond acceptors (Lipinski definition) is 6. The number of aliphatic carboxylic acids is 1. The average Bonchev–Trinajstić information content (AvgIpc) is 2.99. The van der Waals surface area contributed by atoms with Crippen molar-refractivity contribution in [3.8, 4) is 11.5 Å². The second kappa shape index (κ2) is 8.81. The minimum absolute atomic E-state index is 0.244. The van der Waals surface area contributed by atoms with Crippen molar-refractivity contribution in [3.63, 3.8) is 0 Å². The summed E-state index contributed by atoms with van der Waals surface area (Å²) < 4.78 is 10.6. The molecule has 1 heterocycles. The van der Waals surface area contributed by atoms with Crippen molar-refractivity contribution in [2.45, 2.75) is 0 Å². The van der Waals surface area contributed by atoms with Crippen molar-refractivity contribution in [1.29, 1.82) is 0 Å². The summed E-state index contributed by atoms with van der Waals surface area (Å²) in [5.41, 5.74) is 1.13. The van der Waals surface area contributed by atoms with Crippen LogP contribution in [0.3, 0.4) is 0 Å². The first-order valence-electron chi connectivity index (χ1n) is 8.03. The molecule has 144 valence electrons. The maximum Gasteiger partial charge on any atom is 0.341 e. The molecule has 2 N–H and O–H groups in total. The number of rotatable bonds is 6. The van der Waals surface area contributed by atoms with Crippen molar-refractivity contribution >= 4 is 52.2 Å². The number of nitrogens with zero attached hydrogens (tertiary/aromatic N) is 1. The van der Waals surface area contributed by atoms with Crippen LogP contribution in [0.1, 0.15) is 5.56 Å². The van der Waals surface area contributed by atoms with Gasteiger partial charge in [-0.1, -0.05) is 29.8 Å². The Bertz CT molecular complexity index is 990. The highest BCUT2D eigenvalue weighted by Gasteiger charge is 2.25. The van der Waals surface area contributed by atoms with Crippen LogP contribution in [0.4, 0.5) is 5.69 Å². The summed E-state index contributed by atoms with van der Waals surface area (Å²) in [6.07, 6.45) is 1.60. The Morgan fingerprint density at radius 3 is 2.82 bits per heavy atom. The minimum atomic E-state index is -1.12. The van der Waals surface area contributed by atoms with E-state index in [1.54, 1.807) is 48.5 Å². The molecule has 2 aromatic carbocycles. The number of carboxylic acid groups (broad SMARTS) is 1. The number of ether oxygens (including phenoxy) is 2. The third-order valence-corrected chi connectivity index (χ3v) is 4.69. The number of para-hydroxylation sites is 1. The summed E-state index contributed by atoms with van der Waals surface area (Å²) in [6, 6.07) is 12.0. The molecule has 0 bridgehead atoms. The van der Waals surface area contributed by atoms with Crippen LogP contribution in [0.15, 0.2) is 52.4 Å². The molecule has 7 nitrogen and oxygen atoms in total. The standard InChI is InChI=1S/C19H15ClN2O5S/c1-26-14-7-2-4-11(17(14)27-10-16(23)24)8-15-18(25)22-19(28-15)21-13-6-3-5-12(20)9-13/h2-9H,10H2,1H3,(H,23,24)(H,21,22,25). The Balaban J connectivity index is 1.89. The zero-order valence-electron chi connectivity index (χ0n) is 14.6. The predicted octanol–water partition coefficient (Wildman–Crippen LogP) is 3.70. The van der Waals surface area contributed by atoms with E-state index in [2.05, 4.69) is 10.3 Å². The summed E-state index contributed by atoms with van der Waals surface area (Å²) in [5, 5.41) is 12.5. The van der Waals surface area contributed by atoms with Gasteiger partial charge in [-0.15, -0.1) is 0 Å². The van der Waals surface area contributed by atoms with Gasteiger partial charge in [-0.2, -0.15) is 0 Å². The number of benzene rings is 2. The SMILES string of the molecule is COc1cccc(C=C2SC(=Nc3cccc(Cl)c3)NC2=O)c1OCC(=O)O. The first kappa shape index (κ1) is 19.8. The summed E-state index contributed by atoms with van der Waals surface area (Å²) in [7, 11) is 1.45. The molecule has 1 amide bonds. The average molecular weight is 419 g/mol. The summed E-state index contributed by atoms with van der Waals surface area (Å²) in [5.74, 6) is -0.827. The number of carboxylic acids is 1. The normalized spacial score (nSPS) is 16.3. The van der Waals surface area contributed by atoms with E-state index in [1.807, 2.05) is 0 Å². The molecular formula is C19H15ClN2O5S. The fourth-order valence-electron chi connectivity index (χ4n) is 2.38. The first-order valence-corrected chi connectivity index (χ1v) is 9.22. The summed E-state index contributed by atoms with van der Waals surface area (Å²) in [4.78, 5) is 27.9. The van der Waals surface area contributed by atoms with Crippen LogP contribution >= 0.6 is 23.4 Å². The van der Waals surface area contributed by atoms with Crippen molar-refractivity contribution in [3.05, 3.63) is 58.0 Å². The molecule has 0 aliphatic carbocycles. The Kier molecular flexibility index (Phi) is 6.23. The summed E-state index contributed by atoms with van der Waals surface area (Å²) >= 11 is 7.11. The van der Waals surface area contributed by atoms with Gasteiger partial charge in [-0.05, 0) is 42.1 Å². The van der Waals surface area contributed by atoms with Gasteiger partial charge in [0.15, 0.2) is 23.3 Å². The number of aliphatic imine (C=N–C) groups is 1. The van der Waals surface area contributed by atoms with Crippen LogP contribution < -0.4 is 14.8 Å². The molecule has 28 heavy (non-hydrogen) atoms. The maximum absolute atomic E-state index is 12.3. The van der Waals surface area contributed by atoms with Gasteiger partial charge in [0.05, 0.1) is 17.7 Å². The van der Waals surface area contributed by atoms with Gasteiger partial charge in [0.2, 0.25) is 0 Å². The van der Waals surface area contributed by atoms with Crippen molar-refractivity contribution in [2.24, 2.45) is 4.99 Å². The third-order valence-electron chi connectivity index (χ3n) is 3.55. The Labute approximate surface area is 170 Å². The fourth-order valence-corrected chi connectivity index (χ4v) is 3.40. The molecule has 1 saturated heterocycles. The second-order valence-corrected chi connectivity index (χ2v) is 6.99. The molecule has 0 unspecified atom stereocenters. The number of hydrogen-bond donors (Lipinski definition) is 2. The number of methoxy groups -OCH3 is 1. The number of amides is 1. The highest BCUT2D eigenvalue weighted by atomic mass is 35.5. The number of thioether (sulfide) groups is 1. The third kappa shape index (κ3) is 4.85. The molecule has 0 aromatic heterocycles. The van der Waals surface area contributed by atoms with Gasteiger partial charge < -0.3 is 19.9 Å². The van der Waals surface area contributed by atoms with E-state index in [9.17, 15) is 9.59 Å². The lowest BCUT2D eigenvalue weighted by Crippen LogP contribution is -2.19. The van der Waals surface area contributed by atoms with Gasteiger partial charge >= 0.3 is 5.97 Å². The molecule has 0 radical (unpaired) electrons. The van der Waals surface area contributed by atoms with Crippen molar-refractivity contribution < 1.29 is 24.2 Å². The van der Waals surface area contributed by atoms with E-state index in [4.69, 9.17) is 26.2 Å². The van der Waals surface area contributed by atoms with E-state index in [0.29, 0.717) is 32.1 Å². The maximum atomic E-state index is 12.3. The molecule has 2 aromatic rings. The van der Waals surface area contributed by atoms with Gasteiger partial charge in [0.1, 0.15) is 0 Å². The molecule has 9 heteroatoms. The van der Waals surface area contributed by atoms with Gasteiger partial charge in [0, 0.05) is 10.6 Å². The fraction of sp³-hybridized carbons (Fsp3) is 0.105. The molecule has 0 atom stereocenters. The lowest BCUT2D eigenvalue weighted by molar-refractivity contribution is -0.139. The van der Waals surface area contributed by atoms with E-state index < -0.39 is 12.6 Å². The van der Waals surface area contributed by atoms with Crippen LogP contribution in [0.5, 0.6) is 11.5 Å². The quantitative estimate of drug-likeness (QED) is 0.694. The zero-order chi connectivity index (χ0) is 20.1. The largest absolute Gasteiger partial charge is 0.493 e. The number of halogens is 1. The van der Waals surface area contributed by atoms with E-state index >= 15 is 0 Å². The van der Waals surface area contributed by atoms with Crippen LogP contribution in [-0.2, 0) is 9.59 Å².